The van der Waals surface area contributed by atoms with Gasteiger partial charge < -0.3 is 19.9 Å². The van der Waals surface area contributed by atoms with Crippen LogP contribution in [0.5, 0.6) is 11.5 Å². The zero-order chi connectivity index (χ0) is 14.5. The Balaban J connectivity index is 2.35. The normalized spacial score (nSPS) is 17.2. The lowest BCUT2D eigenvalue weighted by Gasteiger charge is -2.22. The molecule has 2 rings (SSSR count). The predicted octanol–water partition coefficient (Wildman–Crippen LogP) is 3.03. The van der Waals surface area contributed by atoms with E-state index in [0.29, 0.717) is 18.0 Å². The monoisotopic (exact) mass is 343 g/mol. The van der Waals surface area contributed by atoms with Crippen molar-refractivity contribution in [3.63, 3.8) is 0 Å². The number of rotatable bonds is 6. The fourth-order valence-corrected chi connectivity index (χ4v) is 3.19. The lowest BCUT2D eigenvalue weighted by molar-refractivity contribution is 0.155. The summed E-state index contributed by atoms with van der Waals surface area (Å²) in [5, 5.41) is 13.3. The molecule has 0 aliphatic heterocycles. The van der Waals surface area contributed by atoms with Crippen molar-refractivity contribution in [2.24, 2.45) is 0 Å². The Morgan fingerprint density at radius 1 is 1.40 bits per heavy atom. The molecule has 1 aliphatic carbocycles. The number of methoxy groups -OCH3 is 1. The number of halogens is 1. The largest absolute Gasteiger partial charge is 0.493 e. The van der Waals surface area contributed by atoms with Crippen molar-refractivity contribution in [3.8, 4) is 11.5 Å². The molecule has 1 saturated carbocycles. The minimum absolute atomic E-state index is 0.221. The summed E-state index contributed by atoms with van der Waals surface area (Å²) in [6.45, 7) is 0.465. The highest BCUT2D eigenvalue weighted by Crippen LogP contribution is 2.41. The van der Waals surface area contributed by atoms with Crippen molar-refractivity contribution in [1.29, 1.82) is 0 Å². The van der Waals surface area contributed by atoms with Gasteiger partial charge in [0.15, 0.2) is 11.5 Å². The van der Waals surface area contributed by atoms with Gasteiger partial charge in [-0.1, -0.05) is 15.9 Å². The molecule has 0 saturated heterocycles. The average Bonchev–Trinajstić information content (AvgIpc) is 2.92. The van der Waals surface area contributed by atoms with Gasteiger partial charge in [-0.2, -0.15) is 0 Å². The fourth-order valence-electron chi connectivity index (χ4n) is 2.62. The summed E-state index contributed by atoms with van der Waals surface area (Å²) in [5.74, 6) is 1.33. The van der Waals surface area contributed by atoms with Crippen LogP contribution in [0, 0.1) is 0 Å². The van der Waals surface area contributed by atoms with Gasteiger partial charge >= 0.3 is 0 Å². The Labute approximate surface area is 128 Å². The maximum Gasteiger partial charge on any atom is 0.168 e. The second-order valence-corrected chi connectivity index (χ2v) is 5.94. The number of benzene rings is 1. The van der Waals surface area contributed by atoms with E-state index >= 15 is 0 Å². The van der Waals surface area contributed by atoms with E-state index < -0.39 is 6.10 Å². The average molecular weight is 344 g/mol. The Morgan fingerprint density at radius 2 is 2.10 bits per heavy atom. The first-order chi connectivity index (χ1) is 9.67. The van der Waals surface area contributed by atoms with E-state index in [9.17, 15) is 5.11 Å². The Morgan fingerprint density at radius 3 is 2.70 bits per heavy atom. The van der Waals surface area contributed by atoms with Crippen LogP contribution in [-0.2, 0) is 0 Å². The number of aliphatic hydroxyl groups excluding tert-OH is 1. The van der Waals surface area contributed by atoms with Gasteiger partial charge in [0.1, 0.15) is 0 Å². The molecule has 0 aromatic heterocycles. The van der Waals surface area contributed by atoms with Gasteiger partial charge in [0.25, 0.3) is 0 Å². The fraction of sp³-hybridized carbons (Fsp3) is 0.600. The van der Waals surface area contributed by atoms with Gasteiger partial charge in [-0.25, -0.2) is 0 Å². The molecule has 0 heterocycles. The summed E-state index contributed by atoms with van der Waals surface area (Å²) in [5.41, 5.74) is 0.755. The van der Waals surface area contributed by atoms with E-state index in [2.05, 4.69) is 21.2 Å². The van der Waals surface area contributed by atoms with Crippen molar-refractivity contribution >= 4 is 15.9 Å². The first-order valence-electron chi connectivity index (χ1n) is 7.03. The van der Waals surface area contributed by atoms with Crippen LogP contribution in [0.25, 0.3) is 0 Å². The van der Waals surface area contributed by atoms with Crippen molar-refractivity contribution < 1.29 is 14.6 Å². The zero-order valence-electron chi connectivity index (χ0n) is 12.0. The third-order valence-electron chi connectivity index (χ3n) is 3.64. The summed E-state index contributed by atoms with van der Waals surface area (Å²) in [7, 11) is 3.44. The van der Waals surface area contributed by atoms with Crippen molar-refractivity contribution in [3.05, 3.63) is 22.2 Å². The van der Waals surface area contributed by atoms with Gasteiger partial charge in [-0.15, -0.1) is 0 Å². The summed E-state index contributed by atoms with van der Waals surface area (Å²) < 4.78 is 12.4. The molecule has 1 fully saturated rings. The highest BCUT2D eigenvalue weighted by atomic mass is 79.9. The molecule has 1 atom stereocenters. The molecule has 4 nitrogen and oxygen atoms in total. The van der Waals surface area contributed by atoms with E-state index in [1.165, 1.54) is 12.8 Å². The second-order valence-electron chi connectivity index (χ2n) is 5.09. The van der Waals surface area contributed by atoms with Crippen molar-refractivity contribution in [2.45, 2.75) is 37.9 Å². The van der Waals surface area contributed by atoms with Crippen molar-refractivity contribution in [1.82, 2.24) is 5.32 Å². The molecule has 1 aromatic rings. The van der Waals surface area contributed by atoms with Crippen LogP contribution in [0.3, 0.4) is 0 Å². The Hall–Kier alpha value is -0.780. The standard InChI is InChI=1S/C15H22BrNO3/c1-17-9-12(18)14-11(16)7-8-13(19-2)15(14)20-10-5-3-4-6-10/h7-8,10,12,17-18H,3-6,9H2,1-2H3. The molecule has 0 spiro atoms. The smallest absolute Gasteiger partial charge is 0.168 e. The minimum Gasteiger partial charge on any atom is -0.493 e. The lowest BCUT2D eigenvalue weighted by atomic mass is 10.1. The van der Waals surface area contributed by atoms with Crippen molar-refractivity contribution in [2.75, 3.05) is 20.7 Å². The number of ether oxygens (including phenoxy) is 2. The molecule has 1 aliphatic rings. The van der Waals surface area contributed by atoms with Crippen LogP contribution < -0.4 is 14.8 Å². The highest BCUT2D eigenvalue weighted by Gasteiger charge is 2.25. The lowest BCUT2D eigenvalue weighted by Crippen LogP contribution is -2.20. The first-order valence-corrected chi connectivity index (χ1v) is 7.82. The van der Waals surface area contributed by atoms with E-state index in [4.69, 9.17) is 9.47 Å². The summed E-state index contributed by atoms with van der Waals surface area (Å²) in [6.07, 6.45) is 4.12. The number of likely N-dealkylation sites (N-methyl/N-ethyl adjacent to an activating group) is 1. The Kier molecular flexibility index (Phi) is 5.69. The molecule has 1 aromatic carbocycles. The molecule has 0 radical (unpaired) electrons. The molecule has 112 valence electrons. The minimum atomic E-state index is -0.638. The van der Waals surface area contributed by atoms with Crippen LogP contribution in [0.15, 0.2) is 16.6 Å². The summed E-state index contributed by atoms with van der Waals surface area (Å²) in [6, 6.07) is 3.75. The van der Waals surface area contributed by atoms with E-state index in [0.717, 1.165) is 22.9 Å². The van der Waals surface area contributed by atoms with Gasteiger partial charge in [0.2, 0.25) is 0 Å². The summed E-state index contributed by atoms with van der Waals surface area (Å²) >= 11 is 3.51. The SMILES string of the molecule is CNCC(O)c1c(Br)ccc(OC)c1OC1CCCC1. The Bertz CT molecular complexity index is 447. The molecule has 2 N–H and O–H groups in total. The van der Waals surface area contributed by atoms with Gasteiger partial charge in [0, 0.05) is 16.6 Å². The third kappa shape index (κ3) is 3.45. The number of nitrogens with one attached hydrogen (secondary N) is 1. The van der Waals surface area contributed by atoms with Gasteiger partial charge in [-0.3, -0.25) is 0 Å². The number of hydrogen-bond donors (Lipinski definition) is 2. The van der Waals surface area contributed by atoms with Crippen LogP contribution in [0.1, 0.15) is 37.4 Å². The van der Waals surface area contributed by atoms with E-state index in [1.807, 2.05) is 19.2 Å². The predicted molar refractivity (Wildman–Crippen MR) is 82.5 cm³/mol. The van der Waals surface area contributed by atoms with Crippen LogP contribution in [-0.4, -0.2) is 31.9 Å². The third-order valence-corrected chi connectivity index (χ3v) is 4.34. The molecule has 20 heavy (non-hydrogen) atoms. The van der Waals surface area contributed by atoms with Gasteiger partial charge in [-0.05, 0) is 44.9 Å². The highest BCUT2D eigenvalue weighted by molar-refractivity contribution is 9.10. The van der Waals surface area contributed by atoms with E-state index in [-0.39, 0.29) is 6.10 Å². The summed E-state index contributed by atoms with van der Waals surface area (Å²) in [4.78, 5) is 0. The molecule has 1 unspecified atom stereocenters. The molecule has 0 amide bonds. The quantitative estimate of drug-likeness (QED) is 0.833. The molecular formula is C15H22BrNO3. The molecule has 5 heteroatoms. The second kappa shape index (κ2) is 7.29. The van der Waals surface area contributed by atoms with Crippen LogP contribution in [0.4, 0.5) is 0 Å². The zero-order valence-corrected chi connectivity index (χ0v) is 13.6. The first kappa shape index (κ1) is 15.6. The molecule has 0 bridgehead atoms. The van der Waals surface area contributed by atoms with E-state index in [1.54, 1.807) is 7.11 Å². The topological polar surface area (TPSA) is 50.7 Å². The maximum atomic E-state index is 10.3. The molecular weight excluding hydrogens is 322 g/mol. The number of hydrogen-bond acceptors (Lipinski definition) is 4. The van der Waals surface area contributed by atoms with Crippen LogP contribution >= 0.6 is 15.9 Å². The number of aliphatic hydroxyl groups is 1. The van der Waals surface area contributed by atoms with Gasteiger partial charge in [0.05, 0.1) is 19.3 Å². The maximum absolute atomic E-state index is 10.3. The van der Waals surface area contributed by atoms with Crippen LogP contribution in [0.2, 0.25) is 0 Å².